The van der Waals surface area contributed by atoms with Crippen molar-refractivity contribution >= 4 is 34.6 Å². The summed E-state index contributed by atoms with van der Waals surface area (Å²) in [6, 6.07) is 6.78. The Morgan fingerprint density at radius 3 is 3.06 bits per heavy atom. The third kappa shape index (κ3) is 1.82. The fourth-order valence-electron chi connectivity index (χ4n) is 2.28. The van der Waals surface area contributed by atoms with E-state index in [0.29, 0.717) is 23.0 Å². The number of aromatic nitrogens is 1. The molecule has 0 aliphatic carbocycles. The summed E-state index contributed by atoms with van der Waals surface area (Å²) in [5, 5.41) is 0.589. The van der Waals surface area contributed by atoms with E-state index in [9.17, 15) is 0 Å². The number of nitrogens with two attached hydrogens (primary N) is 1. The van der Waals surface area contributed by atoms with Crippen molar-refractivity contribution in [1.82, 2.24) is 4.98 Å². The lowest BCUT2D eigenvalue weighted by molar-refractivity contribution is 0.522. The van der Waals surface area contributed by atoms with E-state index < -0.39 is 0 Å². The second kappa shape index (κ2) is 4.39. The molecule has 2 aromatic rings. The number of benzene rings is 1. The van der Waals surface area contributed by atoms with Crippen LogP contribution in [0.3, 0.4) is 0 Å². The van der Waals surface area contributed by atoms with E-state index in [4.69, 9.17) is 10.2 Å². The Hall–Kier alpha value is -1.36. The van der Waals surface area contributed by atoms with Gasteiger partial charge in [0.15, 0.2) is 5.58 Å². The van der Waals surface area contributed by atoms with Gasteiger partial charge in [-0.15, -0.1) is 0 Å². The Morgan fingerprint density at radius 2 is 2.28 bits per heavy atom. The molecule has 2 atom stereocenters. The highest BCUT2D eigenvalue weighted by molar-refractivity contribution is 8.00. The van der Waals surface area contributed by atoms with Crippen LogP contribution in [0.2, 0.25) is 0 Å². The van der Waals surface area contributed by atoms with Crippen molar-refractivity contribution in [1.29, 1.82) is 0 Å². The van der Waals surface area contributed by atoms with Gasteiger partial charge in [-0.1, -0.05) is 13.0 Å². The zero-order valence-corrected chi connectivity index (χ0v) is 11.4. The maximum atomic E-state index is 5.92. The highest BCUT2D eigenvalue weighted by atomic mass is 32.2. The minimum atomic E-state index is 0.429. The summed E-state index contributed by atoms with van der Waals surface area (Å²) >= 11 is 2.00. The fraction of sp³-hybridized carbons (Fsp3) is 0.462. The molecule has 2 N–H and O–H groups in total. The number of para-hydroxylation sites is 1. The van der Waals surface area contributed by atoms with Crippen molar-refractivity contribution in [2.45, 2.75) is 25.1 Å². The van der Waals surface area contributed by atoms with E-state index >= 15 is 0 Å². The van der Waals surface area contributed by atoms with Gasteiger partial charge in [0.25, 0.3) is 6.01 Å². The molecular weight excluding hydrogens is 246 g/mol. The largest absolute Gasteiger partial charge is 0.423 e. The molecule has 1 aromatic heterocycles. The molecule has 1 fully saturated rings. The predicted octanol–water partition coefficient (Wildman–Crippen LogP) is 2.74. The molecule has 1 aromatic carbocycles. The lowest BCUT2D eigenvalue weighted by atomic mass is 10.2. The van der Waals surface area contributed by atoms with Gasteiger partial charge in [-0.2, -0.15) is 16.7 Å². The number of nitrogen functional groups attached to an aromatic ring is 1. The second-order valence-corrected chi connectivity index (χ2v) is 6.19. The van der Waals surface area contributed by atoms with E-state index in [1.54, 1.807) is 0 Å². The Labute approximate surface area is 111 Å². The monoisotopic (exact) mass is 263 g/mol. The third-order valence-corrected chi connectivity index (χ3v) is 4.91. The van der Waals surface area contributed by atoms with Gasteiger partial charge < -0.3 is 15.1 Å². The fourth-order valence-corrected chi connectivity index (χ4v) is 3.38. The van der Waals surface area contributed by atoms with Crippen LogP contribution >= 0.6 is 11.8 Å². The summed E-state index contributed by atoms with van der Waals surface area (Å²) < 4.78 is 5.83. The highest BCUT2D eigenvalue weighted by Gasteiger charge is 2.28. The number of rotatable bonds is 1. The quantitative estimate of drug-likeness (QED) is 0.802. The van der Waals surface area contributed by atoms with Crippen molar-refractivity contribution in [2.24, 2.45) is 0 Å². The molecular formula is C13H17N3OS. The molecule has 0 amide bonds. The van der Waals surface area contributed by atoms with Gasteiger partial charge >= 0.3 is 0 Å². The summed E-state index contributed by atoms with van der Waals surface area (Å²) in [5.41, 5.74) is 8.13. The van der Waals surface area contributed by atoms with Crippen LogP contribution in [0, 0.1) is 0 Å². The smallest absolute Gasteiger partial charge is 0.298 e. The van der Waals surface area contributed by atoms with Crippen molar-refractivity contribution < 1.29 is 4.42 Å². The molecule has 5 heteroatoms. The van der Waals surface area contributed by atoms with E-state index in [-0.39, 0.29) is 0 Å². The van der Waals surface area contributed by atoms with Crippen LogP contribution in [0.15, 0.2) is 22.6 Å². The zero-order chi connectivity index (χ0) is 12.7. The summed E-state index contributed by atoms with van der Waals surface area (Å²) in [6.07, 6.45) is 0. The van der Waals surface area contributed by atoms with Crippen molar-refractivity contribution in [3.05, 3.63) is 18.2 Å². The number of anilines is 2. The maximum Gasteiger partial charge on any atom is 0.298 e. The van der Waals surface area contributed by atoms with Crippen LogP contribution in [0.5, 0.6) is 0 Å². The Bertz CT molecular complexity index is 568. The molecule has 0 saturated carbocycles. The molecule has 0 bridgehead atoms. The minimum absolute atomic E-state index is 0.429. The topological polar surface area (TPSA) is 55.3 Å². The van der Waals surface area contributed by atoms with Gasteiger partial charge in [0, 0.05) is 23.6 Å². The maximum absolute atomic E-state index is 5.92. The van der Waals surface area contributed by atoms with Gasteiger partial charge in [0.2, 0.25) is 0 Å². The van der Waals surface area contributed by atoms with Gasteiger partial charge in [-0.05, 0) is 19.1 Å². The summed E-state index contributed by atoms with van der Waals surface area (Å²) in [7, 11) is 0. The molecule has 3 rings (SSSR count). The first kappa shape index (κ1) is 11.7. The van der Waals surface area contributed by atoms with Crippen molar-refractivity contribution in [3.63, 3.8) is 0 Å². The van der Waals surface area contributed by atoms with E-state index in [0.717, 1.165) is 23.4 Å². The number of fused-ring (bicyclic) bond motifs is 1. The van der Waals surface area contributed by atoms with Crippen LogP contribution in [-0.2, 0) is 0 Å². The van der Waals surface area contributed by atoms with E-state index in [1.165, 1.54) is 0 Å². The van der Waals surface area contributed by atoms with E-state index in [1.807, 2.05) is 30.0 Å². The lowest BCUT2D eigenvalue weighted by Gasteiger charge is -2.36. The molecule has 1 saturated heterocycles. The number of hydrogen-bond donors (Lipinski definition) is 1. The average Bonchev–Trinajstić information content (AvgIpc) is 2.78. The van der Waals surface area contributed by atoms with Gasteiger partial charge in [0.05, 0.1) is 5.69 Å². The summed E-state index contributed by atoms with van der Waals surface area (Å²) in [5.74, 6) is 1.11. The van der Waals surface area contributed by atoms with Crippen LogP contribution in [-0.4, -0.2) is 28.6 Å². The van der Waals surface area contributed by atoms with Crippen LogP contribution < -0.4 is 10.6 Å². The summed E-state index contributed by atoms with van der Waals surface area (Å²) in [6.45, 7) is 5.44. The van der Waals surface area contributed by atoms with E-state index in [2.05, 4.69) is 23.7 Å². The SMILES string of the molecule is CC1SCCN(c2nc3c(N)cccc3o2)C1C. The van der Waals surface area contributed by atoms with Crippen LogP contribution in [0.25, 0.3) is 11.1 Å². The Kier molecular flexibility index (Phi) is 2.86. The standard InChI is InChI=1S/C13H17N3OS/c1-8-9(2)18-7-6-16(8)13-15-12-10(14)4-3-5-11(12)17-13/h3-5,8-9H,6-7,14H2,1-2H3. The van der Waals surface area contributed by atoms with Gasteiger partial charge in [-0.25, -0.2) is 0 Å². The highest BCUT2D eigenvalue weighted by Crippen LogP contribution is 2.31. The number of oxazole rings is 1. The lowest BCUT2D eigenvalue weighted by Crippen LogP contribution is -2.44. The van der Waals surface area contributed by atoms with Crippen LogP contribution in [0.1, 0.15) is 13.8 Å². The Balaban J connectivity index is 2.01. The molecule has 18 heavy (non-hydrogen) atoms. The number of hydrogen-bond acceptors (Lipinski definition) is 5. The third-order valence-electron chi connectivity index (χ3n) is 3.57. The number of thioether (sulfide) groups is 1. The number of nitrogens with zero attached hydrogens (tertiary/aromatic N) is 2. The minimum Gasteiger partial charge on any atom is -0.423 e. The zero-order valence-electron chi connectivity index (χ0n) is 10.6. The predicted molar refractivity (Wildman–Crippen MR) is 77.1 cm³/mol. The van der Waals surface area contributed by atoms with Gasteiger partial charge in [0.1, 0.15) is 5.52 Å². The van der Waals surface area contributed by atoms with Crippen molar-refractivity contribution in [3.8, 4) is 0 Å². The molecule has 1 aliphatic heterocycles. The first-order valence-electron chi connectivity index (χ1n) is 6.20. The van der Waals surface area contributed by atoms with Gasteiger partial charge in [-0.3, -0.25) is 0 Å². The second-order valence-electron chi connectivity index (χ2n) is 4.70. The molecule has 0 radical (unpaired) electrons. The van der Waals surface area contributed by atoms with Crippen LogP contribution in [0.4, 0.5) is 11.7 Å². The molecule has 2 unspecified atom stereocenters. The molecule has 96 valence electrons. The molecule has 1 aliphatic rings. The summed E-state index contributed by atoms with van der Waals surface area (Å²) in [4.78, 5) is 6.78. The average molecular weight is 263 g/mol. The first-order chi connectivity index (χ1) is 8.66. The first-order valence-corrected chi connectivity index (χ1v) is 7.25. The normalized spacial score (nSPS) is 24.7. The Morgan fingerprint density at radius 1 is 1.44 bits per heavy atom. The van der Waals surface area contributed by atoms with Crippen molar-refractivity contribution in [2.75, 3.05) is 22.9 Å². The molecule has 0 spiro atoms. The molecule has 4 nitrogen and oxygen atoms in total. The molecule has 2 heterocycles.